The third-order valence-electron chi connectivity index (χ3n) is 2.03. The van der Waals surface area contributed by atoms with Crippen LogP contribution < -0.4 is 4.74 Å². The van der Waals surface area contributed by atoms with Gasteiger partial charge in [-0.25, -0.2) is 0 Å². The van der Waals surface area contributed by atoms with E-state index in [1.165, 1.54) is 0 Å². The zero-order chi connectivity index (χ0) is 11.3. The first kappa shape index (κ1) is 11.7. The van der Waals surface area contributed by atoms with Gasteiger partial charge in [0.2, 0.25) is 0 Å². The molecule has 0 fully saturated rings. The summed E-state index contributed by atoms with van der Waals surface area (Å²) < 4.78 is 10.2. The molecular weight excluding hydrogens is 192 g/mol. The van der Waals surface area contributed by atoms with Crippen molar-refractivity contribution in [2.24, 2.45) is 0 Å². The van der Waals surface area contributed by atoms with Crippen molar-refractivity contribution < 1.29 is 14.3 Å². The van der Waals surface area contributed by atoms with Crippen LogP contribution in [0.3, 0.4) is 0 Å². The summed E-state index contributed by atoms with van der Waals surface area (Å²) in [7, 11) is 3.26. The summed E-state index contributed by atoms with van der Waals surface area (Å²) in [5.41, 5.74) is 1.99. The van der Waals surface area contributed by atoms with Gasteiger partial charge in [-0.2, -0.15) is 0 Å². The van der Waals surface area contributed by atoms with E-state index in [-0.39, 0.29) is 5.78 Å². The highest BCUT2D eigenvalue weighted by atomic mass is 16.5. The third-order valence-corrected chi connectivity index (χ3v) is 2.03. The average Bonchev–Trinajstić information content (AvgIpc) is 2.16. The van der Waals surface area contributed by atoms with Gasteiger partial charge in [-0.3, -0.25) is 4.79 Å². The van der Waals surface area contributed by atoms with Gasteiger partial charge in [0.1, 0.15) is 11.5 Å². The maximum atomic E-state index is 11.0. The Morgan fingerprint density at radius 3 is 2.40 bits per heavy atom. The molecule has 1 aromatic carbocycles. The van der Waals surface area contributed by atoms with Gasteiger partial charge in [0.05, 0.1) is 13.7 Å². The van der Waals surface area contributed by atoms with E-state index >= 15 is 0 Å². The average molecular weight is 208 g/mol. The molecule has 15 heavy (non-hydrogen) atoms. The minimum atomic E-state index is 0.145. The topological polar surface area (TPSA) is 35.5 Å². The maximum Gasteiger partial charge on any atom is 0.134 e. The van der Waals surface area contributed by atoms with Crippen LogP contribution >= 0.6 is 0 Å². The molecule has 0 saturated heterocycles. The van der Waals surface area contributed by atoms with E-state index in [1.807, 2.05) is 18.2 Å². The number of ketones is 1. The number of hydrogen-bond acceptors (Lipinski definition) is 3. The number of carbonyl (C=O) groups is 1. The highest BCUT2D eigenvalue weighted by Gasteiger charge is 2.03. The lowest BCUT2D eigenvalue weighted by Crippen LogP contribution is -1.99. The van der Waals surface area contributed by atoms with Gasteiger partial charge in [-0.1, -0.05) is 6.07 Å². The van der Waals surface area contributed by atoms with E-state index in [2.05, 4.69) is 0 Å². The zero-order valence-corrected chi connectivity index (χ0v) is 9.37. The Labute approximate surface area is 90.0 Å². The second-order valence-corrected chi connectivity index (χ2v) is 3.50. The van der Waals surface area contributed by atoms with Gasteiger partial charge in [0, 0.05) is 13.5 Å². The van der Waals surface area contributed by atoms with Crippen molar-refractivity contribution in [1.82, 2.24) is 0 Å². The van der Waals surface area contributed by atoms with Gasteiger partial charge in [0.15, 0.2) is 0 Å². The van der Waals surface area contributed by atoms with E-state index in [1.54, 1.807) is 21.1 Å². The molecule has 0 aromatic heterocycles. The molecule has 0 aliphatic heterocycles. The third kappa shape index (κ3) is 3.72. The normalized spacial score (nSPS) is 10.1. The van der Waals surface area contributed by atoms with Crippen molar-refractivity contribution in [2.45, 2.75) is 20.0 Å². The number of Topliss-reactive ketones (excluding diaryl/α,β-unsaturated/α-hetero) is 1. The standard InChI is InChI=1S/C12H16O3/c1-9(13)4-10-5-11(8-14-2)7-12(6-10)15-3/h5-7H,4,8H2,1-3H3. The lowest BCUT2D eigenvalue weighted by atomic mass is 10.1. The molecule has 0 radical (unpaired) electrons. The van der Waals surface area contributed by atoms with Crippen molar-refractivity contribution in [1.29, 1.82) is 0 Å². The van der Waals surface area contributed by atoms with E-state index in [9.17, 15) is 4.79 Å². The molecule has 0 heterocycles. The molecule has 0 atom stereocenters. The molecule has 0 saturated carbocycles. The molecule has 1 aromatic rings. The Morgan fingerprint density at radius 2 is 1.87 bits per heavy atom. The van der Waals surface area contributed by atoms with Crippen LogP contribution in [-0.4, -0.2) is 20.0 Å². The van der Waals surface area contributed by atoms with Gasteiger partial charge in [-0.05, 0) is 30.2 Å². The first-order chi connectivity index (χ1) is 7.15. The van der Waals surface area contributed by atoms with Crippen molar-refractivity contribution in [3.8, 4) is 5.75 Å². The molecule has 0 amide bonds. The highest BCUT2D eigenvalue weighted by Crippen LogP contribution is 2.18. The second-order valence-electron chi connectivity index (χ2n) is 3.50. The van der Waals surface area contributed by atoms with Gasteiger partial charge < -0.3 is 9.47 Å². The quantitative estimate of drug-likeness (QED) is 0.742. The van der Waals surface area contributed by atoms with Gasteiger partial charge in [0.25, 0.3) is 0 Å². The minimum absolute atomic E-state index is 0.145. The molecule has 0 aliphatic carbocycles. The van der Waals surface area contributed by atoms with Crippen LogP contribution in [-0.2, 0) is 22.6 Å². The number of benzene rings is 1. The lowest BCUT2D eigenvalue weighted by Gasteiger charge is -2.07. The molecule has 3 heteroatoms. The largest absolute Gasteiger partial charge is 0.497 e. The maximum absolute atomic E-state index is 11.0. The van der Waals surface area contributed by atoms with Crippen LogP contribution in [0.15, 0.2) is 18.2 Å². The Kier molecular flexibility index (Phi) is 4.31. The first-order valence-corrected chi connectivity index (χ1v) is 4.81. The summed E-state index contributed by atoms with van der Waals surface area (Å²) in [4.78, 5) is 11.0. The molecule has 0 N–H and O–H groups in total. The Hall–Kier alpha value is -1.35. The van der Waals surface area contributed by atoms with Crippen LogP contribution in [0.25, 0.3) is 0 Å². The van der Waals surface area contributed by atoms with E-state index in [4.69, 9.17) is 9.47 Å². The number of rotatable bonds is 5. The lowest BCUT2D eigenvalue weighted by molar-refractivity contribution is -0.116. The molecule has 0 bridgehead atoms. The summed E-state index contributed by atoms with van der Waals surface area (Å²) in [6.45, 7) is 2.11. The summed E-state index contributed by atoms with van der Waals surface area (Å²) in [6.07, 6.45) is 0.438. The fraction of sp³-hybridized carbons (Fsp3) is 0.417. The molecule has 0 aliphatic rings. The number of hydrogen-bond donors (Lipinski definition) is 0. The highest BCUT2D eigenvalue weighted by molar-refractivity contribution is 5.78. The summed E-state index contributed by atoms with van der Waals surface area (Å²) >= 11 is 0. The predicted octanol–water partition coefficient (Wildman–Crippen LogP) is 1.97. The molecular formula is C12H16O3. The first-order valence-electron chi connectivity index (χ1n) is 4.81. The number of ether oxygens (including phenoxy) is 2. The van der Waals surface area contributed by atoms with Gasteiger partial charge >= 0.3 is 0 Å². The SMILES string of the molecule is COCc1cc(CC(C)=O)cc(OC)c1. The van der Waals surface area contributed by atoms with Crippen LogP contribution in [0.1, 0.15) is 18.1 Å². The van der Waals surface area contributed by atoms with Crippen molar-refractivity contribution in [2.75, 3.05) is 14.2 Å². The summed E-state index contributed by atoms with van der Waals surface area (Å²) in [5, 5.41) is 0. The van der Waals surface area contributed by atoms with Crippen LogP contribution in [0, 0.1) is 0 Å². The zero-order valence-electron chi connectivity index (χ0n) is 9.37. The smallest absolute Gasteiger partial charge is 0.134 e. The van der Waals surface area contributed by atoms with E-state index in [0.29, 0.717) is 13.0 Å². The Balaban J connectivity index is 2.94. The fourth-order valence-corrected chi connectivity index (χ4v) is 1.49. The van der Waals surface area contributed by atoms with Gasteiger partial charge in [-0.15, -0.1) is 0 Å². The molecule has 0 spiro atoms. The molecule has 82 valence electrons. The fourth-order valence-electron chi connectivity index (χ4n) is 1.49. The van der Waals surface area contributed by atoms with Crippen LogP contribution in [0.2, 0.25) is 0 Å². The second kappa shape index (κ2) is 5.51. The molecule has 0 unspecified atom stereocenters. The van der Waals surface area contributed by atoms with Crippen molar-refractivity contribution >= 4 is 5.78 Å². The van der Waals surface area contributed by atoms with E-state index in [0.717, 1.165) is 16.9 Å². The number of carbonyl (C=O) groups excluding carboxylic acids is 1. The van der Waals surface area contributed by atoms with E-state index < -0.39 is 0 Å². The van der Waals surface area contributed by atoms with Crippen molar-refractivity contribution in [3.63, 3.8) is 0 Å². The van der Waals surface area contributed by atoms with Crippen LogP contribution in [0.4, 0.5) is 0 Å². The monoisotopic (exact) mass is 208 g/mol. The summed E-state index contributed by atoms with van der Waals surface area (Å²) in [5.74, 6) is 0.910. The Bertz CT molecular complexity index is 345. The predicted molar refractivity (Wildman–Crippen MR) is 58.1 cm³/mol. The Morgan fingerprint density at radius 1 is 1.20 bits per heavy atom. The molecule has 3 nitrogen and oxygen atoms in total. The summed E-state index contributed by atoms with van der Waals surface area (Å²) in [6, 6.07) is 5.75. The minimum Gasteiger partial charge on any atom is -0.497 e. The van der Waals surface area contributed by atoms with Crippen LogP contribution in [0.5, 0.6) is 5.75 Å². The van der Waals surface area contributed by atoms with Crippen molar-refractivity contribution in [3.05, 3.63) is 29.3 Å². The molecule has 1 rings (SSSR count). The number of methoxy groups -OCH3 is 2.